The molecule has 0 radical (unpaired) electrons. The van der Waals surface area contributed by atoms with E-state index < -0.39 is 11.6 Å². The third-order valence-corrected chi connectivity index (χ3v) is 6.61. The molecule has 1 saturated carbocycles. The molecule has 3 N–H and O–H groups in total. The molecule has 7 heteroatoms. The number of aliphatic imine (C=N–C) groups is 1. The highest BCUT2D eigenvalue weighted by atomic mass is 16.5. The molecule has 0 aromatic heterocycles. The number of hydrogen-bond acceptors (Lipinski definition) is 5. The lowest BCUT2D eigenvalue weighted by molar-refractivity contribution is -0.133. The molecule has 2 atom stereocenters. The second-order valence-corrected chi connectivity index (χ2v) is 8.53. The molecule has 2 amide bonds. The summed E-state index contributed by atoms with van der Waals surface area (Å²) in [7, 11) is 3.18. The van der Waals surface area contributed by atoms with E-state index >= 15 is 0 Å². The molecule has 32 heavy (non-hydrogen) atoms. The molecule has 168 valence electrons. The van der Waals surface area contributed by atoms with E-state index in [0.29, 0.717) is 5.69 Å². The Morgan fingerprint density at radius 2 is 1.88 bits per heavy atom. The van der Waals surface area contributed by atoms with Crippen molar-refractivity contribution in [1.29, 1.82) is 0 Å². The number of amides is 2. The Bertz CT molecular complexity index is 1020. The molecule has 2 aromatic carbocycles. The average molecular weight is 435 g/mol. The van der Waals surface area contributed by atoms with E-state index in [4.69, 9.17) is 15.5 Å². The van der Waals surface area contributed by atoms with Crippen LogP contribution in [0.2, 0.25) is 0 Å². The van der Waals surface area contributed by atoms with Gasteiger partial charge in [-0.05, 0) is 42.0 Å². The lowest BCUT2D eigenvalue weighted by Crippen LogP contribution is -2.45. The number of benzene rings is 2. The van der Waals surface area contributed by atoms with Gasteiger partial charge in [0.1, 0.15) is 0 Å². The van der Waals surface area contributed by atoms with Crippen molar-refractivity contribution in [3.8, 4) is 0 Å². The summed E-state index contributed by atoms with van der Waals surface area (Å²) in [5.41, 5.74) is 7.18. The fourth-order valence-electron chi connectivity index (χ4n) is 4.94. The van der Waals surface area contributed by atoms with Gasteiger partial charge in [-0.1, -0.05) is 61.7 Å². The summed E-state index contributed by atoms with van der Waals surface area (Å²) in [6, 6.07) is 16.7. The summed E-state index contributed by atoms with van der Waals surface area (Å²) < 4.78 is 5.45. The molecule has 0 spiro atoms. The lowest BCUT2D eigenvalue weighted by atomic mass is 9.71. The number of nitrogens with one attached hydrogen (secondary N) is 1. The first-order chi connectivity index (χ1) is 15.5. The summed E-state index contributed by atoms with van der Waals surface area (Å²) in [5.74, 6) is -0.0716. The van der Waals surface area contributed by atoms with Crippen LogP contribution in [0.3, 0.4) is 0 Å². The average Bonchev–Trinajstić information content (AvgIpc) is 3.06. The molecule has 1 aliphatic heterocycles. The molecule has 4 rings (SSSR count). The smallest absolute Gasteiger partial charge is 0.261 e. The number of nitrogens with zero attached hydrogens (tertiary/aromatic N) is 2. The van der Waals surface area contributed by atoms with Crippen LogP contribution < -0.4 is 11.1 Å². The van der Waals surface area contributed by atoms with Gasteiger partial charge in [-0.2, -0.15) is 0 Å². The maximum absolute atomic E-state index is 13.4. The van der Waals surface area contributed by atoms with Crippen LogP contribution in [-0.4, -0.2) is 36.8 Å². The fraction of sp³-hybridized carbons (Fsp3) is 0.400. The van der Waals surface area contributed by atoms with E-state index in [0.717, 1.165) is 36.8 Å². The van der Waals surface area contributed by atoms with Crippen LogP contribution in [0.15, 0.2) is 59.6 Å². The number of anilines is 1. The van der Waals surface area contributed by atoms with E-state index in [2.05, 4.69) is 5.32 Å². The highest BCUT2D eigenvalue weighted by Gasteiger charge is 2.53. The number of hydrogen-bond donors (Lipinski definition) is 2. The zero-order chi connectivity index (χ0) is 22.7. The quantitative estimate of drug-likeness (QED) is 0.726. The third-order valence-electron chi connectivity index (χ3n) is 6.61. The molecular formula is C25H30N4O3. The summed E-state index contributed by atoms with van der Waals surface area (Å²) in [5, 5.41) is 2.94. The lowest BCUT2D eigenvalue weighted by Gasteiger charge is -2.36. The Morgan fingerprint density at radius 1 is 1.16 bits per heavy atom. The number of ether oxygens (including phenoxy) is 1. The van der Waals surface area contributed by atoms with Crippen molar-refractivity contribution in [3.63, 3.8) is 0 Å². The summed E-state index contributed by atoms with van der Waals surface area (Å²) in [4.78, 5) is 32.6. The van der Waals surface area contributed by atoms with Crippen molar-refractivity contribution in [2.24, 2.45) is 16.6 Å². The van der Waals surface area contributed by atoms with Gasteiger partial charge < -0.3 is 15.8 Å². The van der Waals surface area contributed by atoms with Crippen LogP contribution >= 0.6 is 0 Å². The second-order valence-electron chi connectivity index (χ2n) is 8.53. The van der Waals surface area contributed by atoms with Gasteiger partial charge >= 0.3 is 0 Å². The Hall–Kier alpha value is -3.19. The van der Waals surface area contributed by atoms with Crippen molar-refractivity contribution in [3.05, 3.63) is 65.7 Å². The first kappa shape index (κ1) is 22.0. The van der Waals surface area contributed by atoms with Crippen molar-refractivity contribution < 1.29 is 14.3 Å². The monoisotopic (exact) mass is 434 g/mol. The molecule has 1 heterocycles. The van der Waals surface area contributed by atoms with Crippen molar-refractivity contribution in [1.82, 2.24) is 4.90 Å². The van der Waals surface area contributed by atoms with Gasteiger partial charge in [0, 0.05) is 19.8 Å². The number of methoxy groups -OCH3 is 1. The van der Waals surface area contributed by atoms with Crippen molar-refractivity contribution in [2.75, 3.05) is 19.5 Å². The topological polar surface area (TPSA) is 97.0 Å². The van der Waals surface area contributed by atoms with Crippen LogP contribution in [0.4, 0.5) is 5.69 Å². The van der Waals surface area contributed by atoms with Gasteiger partial charge in [-0.25, -0.2) is 4.99 Å². The fourth-order valence-corrected chi connectivity index (χ4v) is 4.94. The predicted molar refractivity (Wildman–Crippen MR) is 124 cm³/mol. The Balaban J connectivity index is 1.66. The number of carbonyl (C=O) groups is 2. The van der Waals surface area contributed by atoms with Crippen LogP contribution in [0.5, 0.6) is 0 Å². The molecule has 7 nitrogen and oxygen atoms in total. The van der Waals surface area contributed by atoms with E-state index in [1.165, 1.54) is 18.4 Å². The van der Waals surface area contributed by atoms with Gasteiger partial charge in [0.05, 0.1) is 0 Å². The zero-order valence-corrected chi connectivity index (χ0v) is 18.6. The highest BCUT2D eigenvalue weighted by molar-refractivity contribution is 6.07. The van der Waals surface area contributed by atoms with Crippen molar-refractivity contribution >= 4 is 23.5 Å². The van der Waals surface area contributed by atoms with Gasteiger partial charge in [0.25, 0.3) is 11.8 Å². The van der Waals surface area contributed by atoms with E-state index in [1.807, 2.05) is 54.6 Å². The molecule has 0 bridgehead atoms. The zero-order valence-electron chi connectivity index (χ0n) is 18.6. The molecule has 2 aromatic rings. The molecule has 2 aliphatic rings. The highest BCUT2D eigenvalue weighted by Crippen LogP contribution is 2.46. The third kappa shape index (κ3) is 3.88. The Morgan fingerprint density at radius 3 is 2.50 bits per heavy atom. The maximum Gasteiger partial charge on any atom is 0.261 e. The summed E-state index contributed by atoms with van der Waals surface area (Å²) in [6.07, 6.45) is 4.42. The first-order valence-electron chi connectivity index (χ1n) is 11.1. The van der Waals surface area contributed by atoms with Crippen LogP contribution in [0.25, 0.3) is 0 Å². The molecule has 0 saturated heterocycles. The Kier molecular flexibility index (Phi) is 6.28. The number of rotatable bonds is 6. The summed E-state index contributed by atoms with van der Waals surface area (Å²) >= 11 is 0. The summed E-state index contributed by atoms with van der Waals surface area (Å²) in [6.45, 7) is 0. The van der Waals surface area contributed by atoms with Crippen LogP contribution in [-0.2, 0) is 19.9 Å². The number of carbonyl (C=O) groups excluding carboxylic acids is 2. The van der Waals surface area contributed by atoms with Gasteiger partial charge in [-0.3, -0.25) is 14.5 Å². The number of guanidine groups is 1. The maximum atomic E-state index is 13.4. The molecule has 1 fully saturated rings. The second kappa shape index (κ2) is 9.12. The predicted octanol–water partition coefficient (Wildman–Crippen LogP) is 3.58. The SMILES string of the molecule is CO[C@@H](C(=O)Nc1cccc(C2(C3CCCCC3)N=C(N)N(C)C2=O)c1)c1ccccc1. The number of likely N-dealkylation sites (N-methyl/N-ethyl adjacent to an activating group) is 1. The molecule has 1 aliphatic carbocycles. The largest absolute Gasteiger partial charge is 0.369 e. The minimum Gasteiger partial charge on any atom is -0.369 e. The normalized spacial score (nSPS) is 22.5. The van der Waals surface area contributed by atoms with Gasteiger partial charge in [0.15, 0.2) is 17.6 Å². The first-order valence-corrected chi connectivity index (χ1v) is 11.1. The van der Waals surface area contributed by atoms with E-state index in [-0.39, 0.29) is 23.7 Å². The minimum absolute atomic E-state index is 0.0780. The van der Waals surface area contributed by atoms with Crippen LogP contribution in [0, 0.1) is 5.92 Å². The Labute approximate surface area is 188 Å². The molecular weight excluding hydrogens is 404 g/mol. The van der Waals surface area contributed by atoms with Gasteiger partial charge in [-0.15, -0.1) is 0 Å². The van der Waals surface area contributed by atoms with E-state index in [9.17, 15) is 9.59 Å². The van der Waals surface area contributed by atoms with Crippen LogP contribution in [0.1, 0.15) is 49.3 Å². The number of nitrogens with two attached hydrogens (primary N) is 1. The molecule has 1 unspecified atom stereocenters. The standard InChI is InChI=1S/C25H30N4O3/c1-29-23(31)25(28-24(29)26,18-12-7-4-8-13-18)19-14-9-15-20(16-19)27-22(30)21(32-2)17-10-5-3-6-11-17/h3,5-6,9-11,14-16,18,21H,4,7-8,12-13H2,1-2H3,(H2,26,28)(H,27,30)/t21-,25?/m1/s1. The van der Waals surface area contributed by atoms with Gasteiger partial charge in [0.2, 0.25) is 0 Å². The van der Waals surface area contributed by atoms with E-state index in [1.54, 1.807) is 7.05 Å². The van der Waals surface area contributed by atoms with Crippen molar-refractivity contribution in [2.45, 2.75) is 43.7 Å². The minimum atomic E-state index is -1.04.